The molecule has 0 radical (unpaired) electrons. The van der Waals surface area contributed by atoms with E-state index in [-0.39, 0.29) is 0 Å². The Labute approximate surface area is 145 Å². The summed E-state index contributed by atoms with van der Waals surface area (Å²) in [7, 11) is 0. The summed E-state index contributed by atoms with van der Waals surface area (Å²) in [5, 5.41) is 6.72. The van der Waals surface area contributed by atoms with E-state index >= 15 is 0 Å². The van der Waals surface area contributed by atoms with Crippen LogP contribution in [0.4, 0.5) is 0 Å². The molecule has 0 saturated heterocycles. The third-order valence-electron chi connectivity index (χ3n) is 7.48. The van der Waals surface area contributed by atoms with Crippen molar-refractivity contribution in [2.45, 2.75) is 58.0 Å². The zero-order chi connectivity index (χ0) is 16.1. The normalized spacial score (nSPS) is 35.5. The molecule has 2 aromatic rings. The highest BCUT2D eigenvalue weighted by Gasteiger charge is 2.52. The van der Waals surface area contributed by atoms with Gasteiger partial charge in [-0.25, -0.2) is 0 Å². The Kier molecular flexibility index (Phi) is 3.49. The standard InChI is InChI=1S/C23H29N/c1-16(23-12-17-9-18(13-23)11-19(10-17)14-23)24-15-21-7-4-6-20-5-2-3-8-22(20)21/h2-8,16-19,24H,9-15H2,1H3/t16-,17?,18?,19?,23?/m0/s1. The minimum Gasteiger partial charge on any atom is -0.310 e. The van der Waals surface area contributed by atoms with Crippen molar-refractivity contribution in [3.05, 3.63) is 48.0 Å². The van der Waals surface area contributed by atoms with Crippen molar-refractivity contribution in [1.29, 1.82) is 0 Å². The molecule has 0 aromatic heterocycles. The monoisotopic (exact) mass is 319 g/mol. The Hall–Kier alpha value is -1.34. The minimum absolute atomic E-state index is 0.597. The maximum Gasteiger partial charge on any atom is 0.0214 e. The first-order chi connectivity index (χ1) is 11.7. The third kappa shape index (κ3) is 2.40. The van der Waals surface area contributed by atoms with Crippen LogP contribution in [0.15, 0.2) is 42.5 Å². The van der Waals surface area contributed by atoms with E-state index in [9.17, 15) is 0 Å². The van der Waals surface area contributed by atoms with E-state index in [1.807, 2.05) is 0 Å². The molecule has 1 heteroatoms. The highest BCUT2D eigenvalue weighted by Crippen LogP contribution is 2.61. The lowest BCUT2D eigenvalue weighted by molar-refractivity contribution is -0.0706. The van der Waals surface area contributed by atoms with E-state index in [2.05, 4.69) is 54.7 Å². The van der Waals surface area contributed by atoms with E-state index in [1.54, 1.807) is 0 Å². The van der Waals surface area contributed by atoms with Crippen LogP contribution in [0.25, 0.3) is 10.8 Å². The van der Waals surface area contributed by atoms with Gasteiger partial charge in [-0.1, -0.05) is 42.5 Å². The molecule has 0 amide bonds. The first-order valence-electron chi connectivity index (χ1n) is 9.92. The Bertz CT molecular complexity index is 706. The van der Waals surface area contributed by atoms with Gasteiger partial charge in [-0.05, 0) is 85.0 Å². The van der Waals surface area contributed by atoms with Crippen LogP contribution in [0.1, 0.15) is 51.0 Å². The average Bonchev–Trinajstić information content (AvgIpc) is 2.58. The smallest absolute Gasteiger partial charge is 0.0214 e. The lowest BCUT2D eigenvalue weighted by atomic mass is 9.48. The summed E-state index contributed by atoms with van der Waals surface area (Å²) < 4.78 is 0. The molecule has 1 nitrogen and oxygen atoms in total. The minimum atomic E-state index is 0.597. The van der Waals surface area contributed by atoms with Gasteiger partial charge in [0.05, 0.1) is 0 Å². The van der Waals surface area contributed by atoms with Crippen LogP contribution in [-0.2, 0) is 6.54 Å². The van der Waals surface area contributed by atoms with Crippen molar-refractivity contribution in [3.63, 3.8) is 0 Å². The molecule has 4 saturated carbocycles. The maximum absolute atomic E-state index is 3.95. The van der Waals surface area contributed by atoms with Gasteiger partial charge in [-0.2, -0.15) is 0 Å². The van der Waals surface area contributed by atoms with Crippen LogP contribution in [0.2, 0.25) is 0 Å². The molecule has 1 atom stereocenters. The molecule has 126 valence electrons. The first-order valence-corrected chi connectivity index (χ1v) is 9.92. The van der Waals surface area contributed by atoms with Crippen molar-refractivity contribution >= 4 is 10.8 Å². The third-order valence-corrected chi connectivity index (χ3v) is 7.48. The fraction of sp³-hybridized carbons (Fsp3) is 0.565. The predicted molar refractivity (Wildman–Crippen MR) is 101 cm³/mol. The Morgan fingerprint density at radius 1 is 0.917 bits per heavy atom. The van der Waals surface area contributed by atoms with Crippen LogP contribution in [0.5, 0.6) is 0 Å². The van der Waals surface area contributed by atoms with Crippen LogP contribution >= 0.6 is 0 Å². The number of hydrogen-bond donors (Lipinski definition) is 1. The topological polar surface area (TPSA) is 12.0 Å². The maximum atomic E-state index is 3.95. The molecule has 0 unspecified atom stereocenters. The Morgan fingerprint density at radius 2 is 1.54 bits per heavy atom. The number of benzene rings is 2. The summed E-state index contributed by atoms with van der Waals surface area (Å²) in [5.74, 6) is 3.12. The molecular weight excluding hydrogens is 290 g/mol. The zero-order valence-corrected chi connectivity index (χ0v) is 14.8. The number of hydrogen-bond acceptors (Lipinski definition) is 1. The summed E-state index contributed by atoms with van der Waals surface area (Å²) in [6, 6.07) is 16.2. The molecule has 4 aliphatic carbocycles. The summed E-state index contributed by atoms with van der Waals surface area (Å²) in [6.07, 6.45) is 9.08. The molecule has 2 aromatic carbocycles. The molecule has 4 aliphatic rings. The van der Waals surface area contributed by atoms with Crippen molar-refractivity contribution in [2.24, 2.45) is 23.2 Å². The fourth-order valence-electron chi connectivity index (χ4n) is 6.63. The molecule has 0 aliphatic heterocycles. The van der Waals surface area contributed by atoms with Gasteiger partial charge >= 0.3 is 0 Å². The molecule has 0 heterocycles. The summed E-state index contributed by atoms with van der Waals surface area (Å²) in [4.78, 5) is 0. The van der Waals surface area contributed by atoms with Crippen molar-refractivity contribution < 1.29 is 0 Å². The predicted octanol–water partition coefficient (Wildman–Crippen LogP) is 5.53. The van der Waals surface area contributed by atoms with Gasteiger partial charge in [0.1, 0.15) is 0 Å². The molecule has 0 spiro atoms. The largest absolute Gasteiger partial charge is 0.310 e. The van der Waals surface area contributed by atoms with E-state index < -0.39 is 0 Å². The lowest BCUT2D eigenvalue weighted by Gasteiger charge is -2.59. The summed E-state index contributed by atoms with van der Waals surface area (Å²) in [6.45, 7) is 3.47. The molecule has 4 fully saturated rings. The highest BCUT2D eigenvalue weighted by molar-refractivity contribution is 5.85. The molecule has 6 rings (SSSR count). The summed E-state index contributed by atoms with van der Waals surface area (Å²) >= 11 is 0. The Morgan fingerprint density at radius 3 is 2.25 bits per heavy atom. The second-order valence-electron chi connectivity index (χ2n) is 9.02. The number of rotatable bonds is 4. The van der Waals surface area contributed by atoms with Gasteiger partial charge in [-0.3, -0.25) is 0 Å². The fourth-order valence-corrected chi connectivity index (χ4v) is 6.63. The molecule has 4 bridgehead atoms. The lowest BCUT2D eigenvalue weighted by Crippen LogP contribution is -2.54. The zero-order valence-electron chi connectivity index (χ0n) is 14.8. The van der Waals surface area contributed by atoms with Crippen LogP contribution in [-0.4, -0.2) is 6.04 Å². The second kappa shape index (κ2) is 5.59. The van der Waals surface area contributed by atoms with E-state index in [0.717, 1.165) is 24.3 Å². The van der Waals surface area contributed by atoms with E-state index in [1.165, 1.54) is 54.9 Å². The van der Waals surface area contributed by atoms with Gasteiger partial charge in [0.25, 0.3) is 0 Å². The highest BCUT2D eigenvalue weighted by atomic mass is 14.9. The average molecular weight is 319 g/mol. The van der Waals surface area contributed by atoms with Gasteiger partial charge in [-0.15, -0.1) is 0 Å². The molecular formula is C23H29N. The Balaban J connectivity index is 1.35. The number of fused-ring (bicyclic) bond motifs is 1. The van der Waals surface area contributed by atoms with Gasteiger partial charge in [0.2, 0.25) is 0 Å². The summed E-state index contributed by atoms with van der Waals surface area (Å²) in [5.41, 5.74) is 2.05. The SMILES string of the molecule is C[C@H](NCc1cccc2ccccc12)C12CC3CC(CC(C3)C1)C2. The molecule has 1 N–H and O–H groups in total. The van der Waals surface area contributed by atoms with Gasteiger partial charge in [0.15, 0.2) is 0 Å². The van der Waals surface area contributed by atoms with Crippen LogP contribution in [0.3, 0.4) is 0 Å². The first kappa shape index (κ1) is 15.0. The van der Waals surface area contributed by atoms with Crippen molar-refractivity contribution in [3.8, 4) is 0 Å². The second-order valence-corrected chi connectivity index (χ2v) is 9.02. The number of nitrogens with one attached hydrogen (secondary N) is 1. The molecule has 24 heavy (non-hydrogen) atoms. The van der Waals surface area contributed by atoms with E-state index in [4.69, 9.17) is 0 Å². The van der Waals surface area contributed by atoms with E-state index in [0.29, 0.717) is 11.5 Å². The van der Waals surface area contributed by atoms with Gasteiger partial charge in [0, 0.05) is 12.6 Å². The van der Waals surface area contributed by atoms with Crippen LogP contribution < -0.4 is 5.32 Å². The van der Waals surface area contributed by atoms with Crippen molar-refractivity contribution in [1.82, 2.24) is 5.32 Å². The quantitative estimate of drug-likeness (QED) is 0.781. The van der Waals surface area contributed by atoms with Crippen LogP contribution in [0, 0.1) is 23.2 Å². The van der Waals surface area contributed by atoms with Crippen molar-refractivity contribution in [2.75, 3.05) is 0 Å². The van der Waals surface area contributed by atoms with Gasteiger partial charge < -0.3 is 5.32 Å².